The molecule has 0 unspecified atom stereocenters. The van der Waals surface area contributed by atoms with Crippen molar-refractivity contribution in [1.82, 2.24) is 5.32 Å². The molecule has 2 aromatic rings. The van der Waals surface area contributed by atoms with Crippen LogP contribution < -0.4 is 14.8 Å². The van der Waals surface area contributed by atoms with Gasteiger partial charge in [-0.1, -0.05) is 12.1 Å². The van der Waals surface area contributed by atoms with Gasteiger partial charge >= 0.3 is 0 Å². The highest BCUT2D eigenvalue weighted by atomic mass is 16.5. The Kier molecular flexibility index (Phi) is 7.06. The van der Waals surface area contributed by atoms with Gasteiger partial charge in [0.2, 0.25) is 0 Å². The van der Waals surface area contributed by atoms with Crippen molar-refractivity contribution < 1.29 is 24.8 Å². The van der Waals surface area contributed by atoms with E-state index in [1.54, 1.807) is 26.4 Å². The minimum absolute atomic E-state index is 0.0277. The number of aliphatic hydroxyl groups is 2. The summed E-state index contributed by atoms with van der Waals surface area (Å²) < 4.78 is 10.5. The van der Waals surface area contributed by atoms with Gasteiger partial charge in [0, 0.05) is 12.1 Å². The standard InChI is InChI=1S/C19H25NO5/c1-24-18-6-3-13(9-19(18)25-2)7-8-20-11-17(23)14-4-5-16(22)15(10-14)12-21/h3-6,9-10,17,20-23H,7-8,11-12H2,1-2H3/t17-/m0/s1. The van der Waals surface area contributed by atoms with E-state index in [1.165, 1.54) is 6.07 Å². The van der Waals surface area contributed by atoms with E-state index in [1.807, 2.05) is 18.2 Å². The number of hydrogen-bond donors (Lipinski definition) is 4. The van der Waals surface area contributed by atoms with Crippen LogP contribution >= 0.6 is 0 Å². The van der Waals surface area contributed by atoms with Crippen LogP contribution in [0.1, 0.15) is 22.8 Å². The van der Waals surface area contributed by atoms with Crippen molar-refractivity contribution in [2.24, 2.45) is 0 Å². The maximum atomic E-state index is 10.2. The van der Waals surface area contributed by atoms with E-state index in [0.29, 0.717) is 35.7 Å². The Morgan fingerprint density at radius 3 is 2.48 bits per heavy atom. The highest BCUT2D eigenvalue weighted by molar-refractivity contribution is 5.43. The van der Waals surface area contributed by atoms with Crippen LogP contribution in [0.4, 0.5) is 0 Å². The van der Waals surface area contributed by atoms with E-state index < -0.39 is 6.10 Å². The van der Waals surface area contributed by atoms with Gasteiger partial charge in [0.25, 0.3) is 0 Å². The van der Waals surface area contributed by atoms with Crippen LogP contribution in [0.2, 0.25) is 0 Å². The number of rotatable bonds is 9. The van der Waals surface area contributed by atoms with Crippen LogP contribution in [0.5, 0.6) is 17.2 Å². The van der Waals surface area contributed by atoms with E-state index in [0.717, 1.165) is 12.0 Å². The van der Waals surface area contributed by atoms with E-state index in [4.69, 9.17) is 14.6 Å². The molecule has 136 valence electrons. The molecule has 0 spiro atoms. The average molecular weight is 347 g/mol. The maximum absolute atomic E-state index is 10.2. The van der Waals surface area contributed by atoms with Crippen molar-refractivity contribution >= 4 is 0 Å². The van der Waals surface area contributed by atoms with Crippen LogP contribution in [-0.2, 0) is 13.0 Å². The van der Waals surface area contributed by atoms with Crippen molar-refractivity contribution in [2.75, 3.05) is 27.3 Å². The SMILES string of the molecule is COc1ccc(CCNC[C@H](O)c2ccc(O)c(CO)c2)cc1OC. The molecule has 0 aromatic heterocycles. The van der Waals surface area contributed by atoms with Crippen LogP contribution in [0.15, 0.2) is 36.4 Å². The fourth-order valence-electron chi connectivity index (χ4n) is 2.56. The second kappa shape index (κ2) is 9.27. The first-order chi connectivity index (χ1) is 12.1. The molecule has 0 aliphatic carbocycles. The molecule has 0 aliphatic heterocycles. The number of phenols is 1. The molecule has 0 aliphatic rings. The molecule has 0 amide bonds. The molecule has 0 heterocycles. The second-order valence-electron chi connectivity index (χ2n) is 5.71. The lowest BCUT2D eigenvalue weighted by molar-refractivity contribution is 0.174. The smallest absolute Gasteiger partial charge is 0.160 e. The molecule has 0 saturated heterocycles. The van der Waals surface area contributed by atoms with E-state index >= 15 is 0 Å². The summed E-state index contributed by atoms with van der Waals surface area (Å²) in [5.41, 5.74) is 2.16. The molecule has 6 nitrogen and oxygen atoms in total. The Labute approximate surface area is 147 Å². The molecular formula is C19H25NO5. The van der Waals surface area contributed by atoms with Gasteiger partial charge in [-0.05, 0) is 48.4 Å². The summed E-state index contributed by atoms with van der Waals surface area (Å²) in [7, 11) is 3.21. The lowest BCUT2D eigenvalue weighted by Crippen LogP contribution is -2.23. The number of methoxy groups -OCH3 is 2. The first-order valence-corrected chi connectivity index (χ1v) is 8.11. The number of nitrogens with one attached hydrogen (secondary N) is 1. The summed E-state index contributed by atoms with van der Waals surface area (Å²) in [6, 6.07) is 10.5. The third-order valence-electron chi connectivity index (χ3n) is 4.03. The summed E-state index contributed by atoms with van der Waals surface area (Å²) in [5, 5.41) is 32.1. The van der Waals surface area contributed by atoms with Crippen LogP contribution in [0.25, 0.3) is 0 Å². The summed E-state index contributed by atoms with van der Waals surface area (Å²) in [4.78, 5) is 0. The Morgan fingerprint density at radius 2 is 1.80 bits per heavy atom. The average Bonchev–Trinajstić information content (AvgIpc) is 2.65. The van der Waals surface area contributed by atoms with Crippen LogP contribution in [0.3, 0.4) is 0 Å². The molecule has 2 aromatic carbocycles. The predicted octanol–water partition coefficient (Wildman–Crippen LogP) is 1.77. The molecule has 1 atom stereocenters. The molecule has 4 N–H and O–H groups in total. The minimum atomic E-state index is -0.712. The third kappa shape index (κ3) is 5.09. The van der Waals surface area contributed by atoms with E-state index in [2.05, 4.69) is 5.32 Å². The lowest BCUT2D eigenvalue weighted by Gasteiger charge is -2.14. The van der Waals surface area contributed by atoms with Crippen molar-refractivity contribution in [1.29, 1.82) is 0 Å². The van der Waals surface area contributed by atoms with Gasteiger partial charge in [-0.25, -0.2) is 0 Å². The van der Waals surface area contributed by atoms with Gasteiger partial charge in [0.1, 0.15) is 5.75 Å². The monoisotopic (exact) mass is 347 g/mol. The zero-order chi connectivity index (χ0) is 18.2. The van der Waals surface area contributed by atoms with Gasteiger partial charge in [-0.3, -0.25) is 0 Å². The van der Waals surface area contributed by atoms with Gasteiger partial charge in [-0.2, -0.15) is 0 Å². The van der Waals surface area contributed by atoms with E-state index in [9.17, 15) is 10.2 Å². The highest BCUT2D eigenvalue weighted by Crippen LogP contribution is 2.27. The Balaban J connectivity index is 1.84. The van der Waals surface area contributed by atoms with Gasteiger partial charge in [-0.15, -0.1) is 0 Å². The number of aromatic hydroxyl groups is 1. The first-order valence-electron chi connectivity index (χ1n) is 8.11. The number of hydrogen-bond acceptors (Lipinski definition) is 6. The fraction of sp³-hybridized carbons (Fsp3) is 0.368. The second-order valence-corrected chi connectivity index (χ2v) is 5.71. The minimum Gasteiger partial charge on any atom is -0.508 e. The Hall–Kier alpha value is -2.28. The quantitative estimate of drug-likeness (QED) is 0.517. The molecule has 25 heavy (non-hydrogen) atoms. The zero-order valence-corrected chi connectivity index (χ0v) is 14.5. The van der Waals surface area contributed by atoms with Crippen molar-refractivity contribution in [3.05, 3.63) is 53.1 Å². The molecule has 0 fully saturated rings. The van der Waals surface area contributed by atoms with Gasteiger partial charge in [0.15, 0.2) is 11.5 Å². The highest BCUT2D eigenvalue weighted by Gasteiger charge is 2.10. The van der Waals surface area contributed by atoms with Crippen molar-refractivity contribution in [3.8, 4) is 17.2 Å². The Bertz CT molecular complexity index is 690. The summed E-state index contributed by atoms with van der Waals surface area (Å²) >= 11 is 0. The first kappa shape index (κ1) is 19.1. The van der Waals surface area contributed by atoms with Gasteiger partial charge in [0.05, 0.1) is 26.9 Å². The summed E-state index contributed by atoms with van der Waals surface area (Å²) in [6.07, 6.45) is 0.0705. The largest absolute Gasteiger partial charge is 0.508 e. The van der Waals surface area contributed by atoms with Crippen molar-refractivity contribution in [3.63, 3.8) is 0 Å². The molecule has 2 rings (SSSR count). The number of aliphatic hydroxyl groups excluding tert-OH is 2. The zero-order valence-electron chi connectivity index (χ0n) is 14.5. The molecular weight excluding hydrogens is 322 g/mol. The van der Waals surface area contributed by atoms with E-state index in [-0.39, 0.29) is 12.4 Å². The Morgan fingerprint density at radius 1 is 1.04 bits per heavy atom. The predicted molar refractivity (Wildman–Crippen MR) is 95.1 cm³/mol. The fourth-order valence-corrected chi connectivity index (χ4v) is 2.56. The normalized spacial score (nSPS) is 12.0. The molecule has 0 bridgehead atoms. The topological polar surface area (TPSA) is 91.2 Å². The van der Waals surface area contributed by atoms with Crippen molar-refractivity contribution in [2.45, 2.75) is 19.1 Å². The molecule has 0 saturated carbocycles. The number of ether oxygens (including phenoxy) is 2. The van der Waals surface area contributed by atoms with Crippen LogP contribution in [0, 0.1) is 0 Å². The van der Waals surface area contributed by atoms with Crippen LogP contribution in [-0.4, -0.2) is 42.6 Å². The maximum Gasteiger partial charge on any atom is 0.160 e. The third-order valence-corrected chi connectivity index (χ3v) is 4.03. The molecule has 6 heteroatoms. The lowest BCUT2D eigenvalue weighted by atomic mass is 10.1. The number of benzene rings is 2. The van der Waals surface area contributed by atoms with Gasteiger partial charge < -0.3 is 30.1 Å². The summed E-state index contributed by atoms with van der Waals surface area (Å²) in [5.74, 6) is 1.42. The molecule has 0 radical (unpaired) electrons. The summed E-state index contributed by atoms with van der Waals surface area (Å²) in [6.45, 7) is 0.805.